The van der Waals surface area contributed by atoms with E-state index in [1.165, 1.54) is 5.56 Å². The maximum absolute atomic E-state index is 12.3. The summed E-state index contributed by atoms with van der Waals surface area (Å²) in [6.45, 7) is 5.87. The van der Waals surface area contributed by atoms with Crippen LogP contribution >= 0.6 is 12.4 Å². The van der Waals surface area contributed by atoms with Gasteiger partial charge in [0.2, 0.25) is 5.91 Å². The van der Waals surface area contributed by atoms with Gasteiger partial charge >= 0.3 is 0 Å². The molecular formula is C16H25ClN2O2. The highest BCUT2D eigenvalue weighted by Crippen LogP contribution is 2.14. The van der Waals surface area contributed by atoms with Gasteiger partial charge in [0.1, 0.15) is 5.75 Å². The lowest BCUT2D eigenvalue weighted by atomic mass is 10.1. The zero-order valence-electron chi connectivity index (χ0n) is 13.0. The summed E-state index contributed by atoms with van der Waals surface area (Å²) in [5, 5.41) is 3.44. The van der Waals surface area contributed by atoms with E-state index in [0.717, 1.165) is 25.3 Å². The molecule has 1 aliphatic heterocycles. The molecule has 1 aromatic rings. The molecule has 1 fully saturated rings. The molecule has 4 nitrogen and oxygen atoms in total. The van der Waals surface area contributed by atoms with E-state index in [4.69, 9.17) is 4.74 Å². The minimum absolute atomic E-state index is 0. The highest BCUT2D eigenvalue weighted by molar-refractivity contribution is 5.85. The molecule has 5 heteroatoms. The Balaban J connectivity index is 0.00000220. The van der Waals surface area contributed by atoms with Gasteiger partial charge in [0.15, 0.2) is 0 Å². The van der Waals surface area contributed by atoms with Crippen LogP contribution in [0, 0.1) is 0 Å². The average molecular weight is 313 g/mol. The molecule has 0 aromatic heterocycles. The van der Waals surface area contributed by atoms with Crippen LogP contribution < -0.4 is 10.1 Å². The highest BCUT2D eigenvalue weighted by Gasteiger charge is 2.24. The Kier molecular flexibility index (Phi) is 6.99. The van der Waals surface area contributed by atoms with Crippen LogP contribution in [0.1, 0.15) is 25.8 Å². The van der Waals surface area contributed by atoms with E-state index >= 15 is 0 Å². The number of nitrogens with zero attached hydrogens (tertiary/aromatic N) is 1. The molecule has 0 saturated carbocycles. The normalized spacial score (nSPS) is 21.6. The molecule has 0 aliphatic carbocycles. The number of hydrogen-bond donors (Lipinski definition) is 1. The molecule has 2 atom stereocenters. The lowest BCUT2D eigenvalue weighted by Crippen LogP contribution is -2.55. The summed E-state index contributed by atoms with van der Waals surface area (Å²) in [5.74, 6) is 1.10. The Morgan fingerprint density at radius 2 is 1.81 bits per heavy atom. The second kappa shape index (κ2) is 8.25. The summed E-state index contributed by atoms with van der Waals surface area (Å²) in [6.07, 6.45) is 1.36. The molecule has 2 unspecified atom stereocenters. The fraction of sp³-hybridized carbons (Fsp3) is 0.562. The van der Waals surface area contributed by atoms with E-state index in [1.807, 2.05) is 29.2 Å². The van der Waals surface area contributed by atoms with Crippen molar-refractivity contribution in [2.75, 3.05) is 20.2 Å². The number of piperazine rings is 1. The summed E-state index contributed by atoms with van der Waals surface area (Å²) >= 11 is 0. The number of amides is 1. The van der Waals surface area contributed by atoms with E-state index in [2.05, 4.69) is 19.2 Å². The Bertz CT molecular complexity index is 440. The smallest absolute Gasteiger partial charge is 0.223 e. The van der Waals surface area contributed by atoms with Crippen molar-refractivity contribution in [3.8, 4) is 5.75 Å². The van der Waals surface area contributed by atoms with Crippen LogP contribution in [0.3, 0.4) is 0 Å². The molecule has 0 radical (unpaired) electrons. The van der Waals surface area contributed by atoms with Crippen LogP contribution in [0.5, 0.6) is 5.75 Å². The lowest BCUT2D eigenvalue weighted by molar-refractivity contribution is -0.132. The van der Waals surface area contributed by atoms with Crippen molar-refractivity contribution in [2.45, 2.75) is 38.8 Å². The summed E-state index contributed by atoms with van der Waals surface area (Å²) in [6, 6.07) is 8.68. The van der Waals surface area contributed by atoms with Crippen molar-refractivity contribution in [1.82, 2.24) is 10.2 Å². The van der Waals surface area contributed by atoms with E-state index in [9.17, 15) is 4.79 Å². The van der Waals surface area contributed by atoms with Gasteiger partial charge in [0.05, 0.1) is 7.11 Å². The summed E-state index contributed by atoms with van der Waals surface area (Å²) < 4.78 is 5.13. The number of hydrogen-bond acceptors (Lipinski definition) is 3. The molecule has 0 spiro atoms. The van der Waals surface area contributed by atoms with Gasteiger partial charge < -0.3 is 15.0 Å². The van der Waals surface area contributed by atoms with Gasteiger partial charge in [-0.25, -0.2) is 0 Å². The fourth-order valence-electron chi connectivity index (χ4n) is 2.73. The molecule has 2 rings (SSSR count). The van der Waals surface area contributed by atoms with Crippen LogP contribution in [0.25, 0.3) is 0 Å². The Labute approximate surface area is 133 Å². The minimum Gasteiger partial charge on any atom is -0.497 e. The van der Waals surface area contributed by atoms with Gasteiger partial charge in [-0.1, -0.05) is 12.1 Å². The number of aryl methyl sites for hydroxylation is 1. The van der Waals surface area contributed by atoms with Crippen molar-refractivity contribution in [2.24, 2.45) is 0 Å². The molecule has 1 heterocycles. The number of carbonyl (C=O) groups is 1. The number of carbonyl (C=O) groups excluding carboxylic acids is 1. The topological polar surface area (TPSA) is 41.6 Å². The SMILES string of the molecule is COc1ccc(CCC(=O)N2CC(C)NC(C)C2)cc1.Cl. The van der Waals surface area contributed by atoms with Crippen LogP contribution in [0.4, 0.5) is 0 Å². The van der Waals surface area contributed by atoms with E-state index < -0.39 is 0 Å². The largest absolute Gasteiger partial charge is 0.497 e. The first-order chi connectivity index (χ1) is 9.58. The number of ether oxygens (including phenoxy) is 1. The van der Waals surface area contributed by atoms with E-state index in [-0.39, 0.29) is 18.3 Å². The van der Waals surface area contributed by atoms with Gasteiger partial charge in [-0.2, -0.15) is 0 Å². The van der Waals surface area contributed by atoms with Gasteiger partial charge in [-0.3, -0.25) is 4.79 Å². The zero-order valence-corrected chi connectivity index (χ0v) is 13.8. The van der Waals surface area contributed by atoms with E-state index in [0.29, 0.717) is 18.5 Å². The molecule has 1 aromatic carbocycles. The highest BCUT2D eigenvalue weighted by atomic mass is 35.5. The number of methoxy groups -OCH3 is 1. The molecule has 1 aliphatic rings. The van der Waals surface area contributed by atoms with Gasteiger partial charge in [0.25, 0.3) is 0 Å². The van der Waals surface area contributed by atoms with Crippen LogP contribution in [0.2, 0.25) is 0 Å². The minimum atomic E-state index is 0. The molecule has 118 valence electrons. The first-order valence-electron chi connectivity index (χ1n) is 7.25. The molecule has 1 N–H and O–H groups in total. The molecule has 21 heavy (non-hydrogen) atoms. The zero-order chi connectivity index (χ0) is 14.5. The Hall–Kier alpha value is -1.26. The summed E-state index contributed by atoms with van der Waals surface area (Å²) in [5.41, 5.74) is 1.18. The standard InChI is InChI=1S/C16H24N2O2.ClH/c1-12-10-18(11-13(2)17-12)16(19)9-6-14-4-7-15(20-3)8-5-14;/h4-5,7-8,12-13,17H,6,9-11H2,1-3H3;1H. The molecule has 1 amide bonds. The van der Waals surface area contributed by atoms with Crippen molar-refractivity contribution in [1.29, 1.82) is 0 Å². The van der Waals surface area contributed by atoms with Crippen molar-refractivity contribution >= 4 is 18.3 Å². The average Bonchev–Trinajstić information content (AvgIpc) is 2.44. The number of rotatable bonds is 4. The van der Waals surface area contributed by atoms with Crippen molar-refractivity contribution < 1.29 is 9.53 Å². The third-order valence-corrected chi connectivity index (χ3v) is 3.70. The first kappa shape index (κ1) is 17.8. The van der Waals surface area contributed by atoms with Gasteiger partial charge in [0, 0.05) is 31.6 Å². The lowest BCUT2D eigenvalue weighted by Gasteiger charge is -2.36. The van der Waals surface area contributed by atoms with Crippen molar-refractivity contribution in [3.05, 3.63) is 29.8 Å². The van der Waals surface area contributed by atoms with Crippen LogP contribution in [0.15, 0.2) is 24.3 Å². The maximum Gasteiger partial charge on any atom is 0.223 e. The number of nitrogens with one attached hydrogen (secondary N) is 1. The summed E-state index contributed by atoms with van der Waals surface area (Å²) in [4.78, 5) is 14.2. The Morgan fingerprint density at radius 1 is 1.24 bits per heavy atom. The maximum atomic E-state index is 12.3. The predicted molar refractivity (Wildman–Crippen MR) is 87.2 cm³/mol. The fourth-order valence-corrected chi connectivity index (χ4v) is 2.73. The number of halogens is 1. The van der Waals surface area contributed by atoms with Gasteiger partial charge in [-0.15, -0.1) is 12.4 Å². The Morgan fingerprint density at radius 3 is 2.33 bits per heavy atom. The summed E-state index contributed by atoms with van der Waals surface area (Å²) in [7, 11) is 1.66. The second-order valence-electron chi connectivity index (χ2n) is 5.62. The van der Waals surface area contributed by atoms with E-state index in [1.54, 1.807) is 7.11 Å². The monoisotopic (exact) mass is 312 g/mol. The third-order valence-electron chi connectivity index (χ3n) is 3.70. The molecule has 0 bridgehead atoms. The first-order valence-corrected chi connectivity index (χ1v) is 7.25. The second-order valence-corrected chi connectivity index (χ2v) is 5.62. The predicted octanol–water partition coefficient (Wildman–Crippen LogP) is 2.26. The van der Waals surface area contributed by atoms with Crippen LogP contribution in [-0.2, 0) is 11.2 Å². The number of benzene rings is 1. The quantitative estimate of drug-likeness (QED) is 0.927. The molecular weight excluding hydrogens is 288 g/mol. The third kappa shape index (κ3) is 5.21. The molecule has 1 saturated heterocycles. The van der Waals surface area contributed by atoms with Crippen molar-refractivity contribution in [3.63, 3.8) is 0 Å². The van der Waals surface area contributed by atoms with Gasteiger partial charge in [-0.05, 0) is 38.0 Å². The van der Waals surface area contributed by atoms with Crippen LogP contribution in [-0.4, -0.2) is 43.1 Å².